The Bertz CT molecular complexity index is 762. The monoisotopic (exact) mass is 360 g/mol. The van der Waals surface area contributed by atoms with Gasteiger partial charge in [-0.05, 0) is 61.4 Å². The van der Waals surface area contributed by atoms with Gasteiger partial charge in [0.25, 0.3) is 5.91 Å². The molecule has 6 heteroatoms. The van der Waals surface area contributed by atoms with E-state index >= 15 is 0 Å². The molecule has 0 bridgehead atoms. The highest BCUT2D eigenvalue weighted by Crippen LogP contribution is 2.21. The number of benzene rings is 2. The zero-order valence-corrected chi connectivity index (χ0v) is 14.3. The predicted molar refractivity (Wildman–Crippen MR) is 95.1 cm³/mol. The zero-order chi connectivity index (χ0) is 17.8. The molecule has 0 radical (unpaired) electrons. The van der Waals surface area contributed by atoms with Gasteiger partial charge in [-0.1, -0.05) is 11.6 Å². The second kappa shape index (κ2) is 7.66. The number of nitrogens with one attached hydrogen (secondary N) is 1. The molecule has 2 aromatic carbocycles. The van der Waals surface area contributed by atoms with Crippen LogP contribution in [0.15, 0.2) is 48.5 Å². The molecule has 130 valence electrons. The third-order valence-corrected chi connectivity index (χ3v) is 4.53. The summed E-state index contributed by atoms with van der Waals surface area (Å²) in [5, 5.41) is 3.36. The molecule has 0 aliphatic carbocycles. The number of rotatable bonds is 3. The van der Waals surface area contributed by atoms with E-state index in [1.54, 1.807) is 29.2 Å². The number of likely N-dealkylation sites (tertiary alicyclic amines) is 1. The van der Waals surface area contributed by atoms with Crippen LogP contribution in [0.25, 0.3) is 0 Å². The van der Waals surface area contributed by atoms with Gasteiger partial charge < -0.3 is 10.2 Å². The maximum absolute atomic E-state index is 12.9. The van der Waals surface area contributed by atoms with Crippen LogP contribution in [0.5, 0.6) is 0 Å². The van der Waals surface area contributed by atoms with Crippen molar-refractivity contribution in [2.75, 3.05) is 18.4 Å². The van der Waals surface area contributed by atoms with Crippen molar-refractivity contribution < 1.29 is 14.0 Å². The van der Waals surface area contributed by atoms with Gasteiger partial charge in [0.2, 0.25) is 5.91 Å². The fraction of sp³-hybridized carbons (Fsp3) is 0.263. The van der Waals surface area contributed by atoms with Crippen LogP contribution >= 0.6 is 11.6 Å². The van der Waals surface area contributed by atoms with Crippen LogP contribution in [0.1, 0.15) is 23.2 Å². The molecule has 0 unspecified atom stereocenters. The summed E-state index contributed by atoms with van der Waals surface area (Å²) in [4.78, 5) is 26.7. The molecule has 0 saturated carbocycles. The van der Waals surface area contributed by atoms with Gasteiger partial charge in [-0.3, -0.25) is 9.59 Å². The lowest BCUT2D eigenvalue weighted by atomic mass is 9.96. The number of carbonyl (C=O) groups is 2. The molecule has 1 aliphatic heterocycles. The lowest BCUT2D eigenvalue weighted by Crippen LogP contribution is -2.43. The summed E-state index contributed by atoms with van der Waals surface area (Å²) in [7, 11) is 0. The van der Waals surface area contributed by atoms with Crippen LogP contribution < -0.4 is 5.32 Å². The summed E-state index contributed by atoms with van der Waals surface area (Å²) in [5.41, 5.74) is 1.11. The van der Waals surface area contributed by atoms with E-state index in [4.69, 9.17) is 11.6 Å². The van der Waals surface area contributed by atoms with Crippen LogP contribution in [0, 0.1) is 11.7 Å². The molecular formula is C19H18ClFN2O2. The summed E-state index contributed by atoms with van der Waals surface area (Å²) < 4.78 is 12.9. The van der Waals surface area contributed by atoms with E-state index in [1.165, 1.54) is 24.3 Å². The molecule has 1 N–H and O–H groups in total. The minimum absolute atomic E-state index is 0.101. The van der Waals surface area contributed by atoms with E-state index in [2.05, 4.69) is 5.32 Å². The Morgan fingerprint density at radius 3 is 2.44 bits per heavy atom. The molecule has 1 heterocycles. The summed E-state index contributed by atoms with van der Waals surface area (Å²) in [6, 6.07) is 12.4. The molecule has 1 fully saturated rings. The van der Waals surface area contributed by atoms with E-state index in [1.807, 2.05) is 0 Å². The fourth-order valence-electron chi connectivity index (χ4n) is 2.93. The largest absolute Gasteiger partial charge is 0.338 e. The fourth-order valence-corrected chi connectivity index (χ4v) is 3.05. The minimum atomic E-state index is -0.351. The molecule has 1 saturated heterocycles. The first-order chi connectivity index (χ1) is 12.0. The van der Waals surface area contributed by atoms with Crippen LogP contribution in [0.4, 0.5) is 10.1 Å². The van der Waals surface area contributed by atoms with E-state index in [0.717, 1.165) is 12.8 Å². The van der Waals surface area contributed by atoms with E-state index in [9.17, 15) is 14.0 Å². The van der Waals surface area contributed by atoms with Crippen molar-refractivity contribution in [2.24, 2.45) is 5.92 Å². The highest BCUT2D eigenvalue weighted by Gasteiger charge is 2.29. The Morgan fingerprint density at radius 2 is 1.76 bits per heavy atom. The van der Waals surface area contributed by atoms with Crippen LogP contribution in [0.2, 0.25) is 5.02 Å². The summed E-state index contributed by atoms with van der Waals surface area (Å²) in [6.45, 7) is 0.996. The van der Waals surface area contributed by atoms with Crippen molar-refractivity contribution in [1.82, 2.24) is 4.90 Å². The van der Waals surface area contributed by atoms with Crippen molar-refractivity contribution in [3.8, 4) is 0 Å². The first-order valence-corrected chi connectivity index (χ1v) is 8.52. The Kier molecular flexibility index (Phi) is 5.34. The SMILES string of the molecule is O=C(Nc1ccc(F)cc1)[C@@H]1CCCN(C(=O)c2ccc(Cl)cc2)C1. The maximum atomic E-state index is 12.9. The third-order valence-electron chi connectivity index (χ3n) is 4.28. The Morgan fingerprint density at radius 1 is 1.08 bits per heavy atom. The number of hydrogen-bond donors (Lipinski definition) is 1. The van der Waals surface area contributed by atoms with Gasteiger partial charge in [-0.15, -0.1) is 0 Å². The lowest BCUT2D eigenvalue weighted by Gasteiger charge is -2.32. The van der Waals surface area contributed by atoms with Crippen molar-refractivity contribution >= 4 is 29.1 Å². The van der Waals surface area contributed by atoms with E-state index in [0.29, 0.717) is 29.4 Å². The average molecular weight is 361 g/mol. The number of nitrogens with zero attached hydrogens (tertiary/aromatic N) is 1. The standard InChI is InChI=1S/C19H18ClFN2O2/c20-15-5-3-13(4-6-15)19(25)23-11-1-2-14(12-23)18(24)22-17-9-7-16(21)8-10-17/h3-10,14H,1-2,11-12H2,(H,22,24)/t14-/m1/s1. The molecule has 3 rings (SSSR count). The normalized spacial score (nSPS) is 17.2. The minimum Gasteiger partial charge on any atom is -0.338 e. The number of anilines is 1. The van der Waals surface area contributed by atoms with Crippen molar-refractivity contribution in [3.63, 3.8) is 0 Å². The molecule has 0 aromatic heterocycles. The predicted octanol–water partition coefficient (Wildman–Crippen LogP) is 3.97. The summed E-state index contributed by atoms with van der Waals surface area (Å²) >= 11 is 5.85. The third kappa shape index (κ3) is 4.37. The first kappa shape index (κ1) is 17.4. The molecule has 1 atom stereocenters. The maximum Gasteiger partial charge on any atom is 0.253 e. The number of halogens is 2. The Labute approximate surface area is 150 Å². The van der Waals surface area contributed by atoms with Crippen LogP contribution in [0.3, 0.4) is 0 Å². The van der Waals surface area contributed by atoms with Gasteiger partial charge >= 0.3 is 0 Å². The summed E-state index contributed by atoms with van der Waals surface area (Å²) in [5.74, 6) is -0.887. The number of carbonyl (C=O) groups excluding carboxylic acids is 2. The van der Waals surface area contributed by atoms with Crippen LogP contribution in [-0.2, 0) is 4.79 Å². The van der Waals surface area contributed by atoms with Gasteiger partial charge in [0, 0.05) is 29.4 Å². The van der Waals surface area contributed by atoms with Crippen LogP contribution in [-0.4, -0.2) is 29.8 Å². The molecule has 2 amide bonds. The quantitative estimate of drug-likeness (QED) is 0.900. The van der Waals surface area contributed by atoms with Crippen molar-refractivity contribution in [1.29, 1.82) is 0 Å². The average Bonchev–Trinajstić information content (AvgIpc) is 2.64. The number of hydrogen-bond acceptors (Lipinski definition) is 2. The van der Waals surface area contributed by atoms with Gasteiger partial charge in [-0.25, -0.2) is 4.39 Å². The van der Waals surface area contributed by atoms with Gasteiger partial charge in [-0.2, -0.15) is 0 Å². The van der Waals surface area contributed by atoms with Gasteiger partial charge in [0.05, 0.1) is 5.92 Å². The smallest absolute Gasteiger partial charge is 0.253 e. The Balaban J connectivity index is 1.63. The molecule has 4 nitrogen and oxygen atoms in total. The van der Waals surface area contributed by atoms with Gasteiger partial charge in [0.15, 0.2) is 0 Å². The van der Waals surface area contributed by atoms with Gasteiger partial charge in [0.1, 0.15) is 5.82 Å². The van der Waals surface area contributed by atoms with E-state index in [-0.39, 0.29) is 23.5 Å². The number of piperidine rings is 1. The second-order valence-corrected chi connectivity index (χ2v) is 6.53. The Hall–Kier alpha value is -2.40. The van der Waals surface area contributed by atoms with Crippen molar-refractivity contribution in [2.45, 2.75) is 12.8 Å². The van der Waals surface area contributed by atoms with E-state index < -0.39 is 0 Å². The lowest BCUT2D eigenvalue weighted by molar-refractivity contribution is -0.121. The topological polar surface area (TPSA) is 49.4 Å². The highest BCUT2D eigenvalue weighted by atomic mass is 35.5. The van der Waals surface area contributed by atoms with Crippen molar-refractivity contribution in [3.05, 3.63) is 64.9 Å². The zero-order valence-electron chi connectivity index (χ0n) is 13.5. The molecule has 0 spiro atoms. The molecule has 1 aliphatic rings. The molecule has 25 heavy (non-hydrogen) atoms. The molecular weight excluding hydrogens is 343 g/mol. The first-order valence-electron chi connectivity index (χ1n) is 8.14. The second-order valence-electron chi connectivity index (χ2n) is 6.09. The summed E-state index contributed by atoms with van der Waals surface area (Å²) in [6.07, 6.45) is 1.48. The highest BCUT2D eigenvalue weighted by molar-refractivity contribution is 6.30. The number of amides is 2. The molecule has 2 aromatic rings.